The molecule has 0 amide bonds. The van der Waals surface area contributed by atoms with E-state index in [2.05, 4.69) is 0 Å². The molecule has 0 saturated carbocycles. The molecule has 232 valence electrons. The number of fused-ring (bicyclic) bond motifs is 1. The second kappa shape index (κ2) is 11.6. The SMILES string of the molecule is C[C@@H]1OC(Oc2c(-c3ccc(O)cc3)oc3cc(O[C@H]4O[C@@H](C(=O)O)[C@H](O)[C@@H](O)[C@@H]4O)cc(O)c3c2=O)[C@H](O)[C@H](O)[C@H]1O. The number of phenolic OH excluding ortho intramolecular Hbond substituents is 2. The summed E-state index contributed by atoms with van der Waals surface area (Å²) in [6.45, 7) is 1.40. The third kappa shape index (κ3) is 5.57. The molecule has 10 atom stereocenters. The summed E-state index contributed by atoms with van der Waals surface area (Å²) in [5.41, 5.74) is -1.12. The van der Waals surface area contributed by atoms with Crippen LogP contribution in [0.4, 0.5) is 0 Å². The summed E-state index contributed by atoms with van der Waals surface area (Å²) in [5.74, 6) is -3.68. The second-order valence-electron chi connectivity index (χ2n) is 10.1. The molecule has 43 heavy (non-hydrogen) atoms. The molecule has 3 heterocycles. The van der Waals surface area contributed by atoms with Crippen molar-refractivity contribution in [1.82, 2.24) is 0 Å². The molecule has 16 heteroatoms. The van der Waals surface area contributed by atoms with Gasteiger partial charge in [-0.2, -0.15) is 0 Å². The molecule has 2 aromatic carbocycles. The Hall–Kier alpha value is -4.00. The Morgan fingerprint density at radius 3 is 2.02 bits per heavy atom. The monoisotopic (exact) mass is 608 g/mol. The zero-order chi connectivity index (χ0) is 31.3. The summed E-state index contributed by atoms with van der Waals surface area (Å²) >= 11 is 0. The highest BCUT2D eigenvalue weighted by Crippen LogP contribution is 2.38. The van der Waals surface area contributed by atoms with E-state index < -0.39 is 89.7 Å². The van der Waals surface area contributed by atoms with Crippen LogP contribution >= 0.6 is 0 Å². The Morgan fingerprint density at radius 1 is 0.791 bits per heavy atom. The number of aliphatic hydroxyl groups is 6. The summed E-state index contributed by atoms with van der Waals surface area (Å²) < 4.78 is 27.6. The van der Waals surface area contributed by atoms with Crippen LogP contribution in [0.25, 0.3) is 22.3 Å². The highest BCUT2D eigenvalue weighted by Gasteiger charge is 2.48. The van der Waals surface area contributed by atoms with Gasteiger partial charge in [0, 0.05) is 17.7 Å². The number of ether oxygens (including phenoxy) is 4. The largest absolute Gasteiger partial charge is 0.508 e. The van der Waals surface area contributed by atoms with Crippen molar-refractivity contribution in [3.05, 3.63) is 46.6 Å². The minimum atomic E-state index is -1.97. The zero-order valence-electron chi connectivity index (χ0n) is 22.1. The van der Waals surface area contributed by atoms with Gasteiger partial charge in [0.2, 0.25) is 23.8 Å². The Morgan fingerprint density at radius 2 is 1.40 bits per heavy atom. The lowest BCUT2D eigenvalue weighted by molar-refractivity contribution is -0.271. The van der Waals surface area contributed by atoms with Crippen LogP contribution in [0.15, 0.2) is 45.6 Å². The number of rotatable bonds is 6. The molecule has 3 aromatic rings. The van der Waals surface area contributed by atoms with Gasteiger partial charge in [0.1, 0.15) is 64.8 Å². The van der Waals surface area contributed by atoms with Gasteiger partial charge in [0.05, 0.1) is 6.10 Å². The van der Waals surface area contributed by atoms with Crippen molar-refractivity contribution in [2.75, 3.05) is 0 Å². The van der Waals surface area contributed by atoms with Crippen LogP contribution in [0, 0.1) is 0 Å². The molecular formula is C27H28O16. The average Bonchev–Trinajstić information content (AvgIpc) is 2.96. The first-order chi connectivity index (χ1) is 20.3. The number of benzene rings is 2. The van der Waals surface area contributed by atoms with Crippen LogP contribution in [-0.2, 0) is 14.3 Å². The number of hydrogen-bond donors (Lipinski definition) is 9. The van der Waals surface area contributed by atoms with Gasteiger partial charge in [-0.3, -0.25) is 4.79 Å². The van der Waals surface area contributed by atoms with Crippen LogP contribution in [-0.4, -0.2) is 113 Å². The van der Waals surface area contributed by atoms with Gasteiger partial charge >= 0.3 is 5.97 Å². The fourth-order valence-corrected chi connectivity index (χ4v) is 4.75. The summed E-state index contributed by atoms with van der Waals surface area (Å²) in [6.07, 6.45) is -17.3. The van der Waals surface area contributed by atoms with Gasteiger partial charge < -0.3 is 69.3 Å². The molecule has 0 aliphatic carbocycles. The predicted octanol–water partition coefficient (Wildman–Crippen LogP) is -1.65. The third-order valence-corrected chi connectivity index (χ3v) is 7.14. The number of carbonyl (C=O) groups is 1. The first kappa shape index (κ1) is 30.5. The highest BCUT2D eigenvalue weighted by atomic mass is 16.7. The van der Waals surface area contributed by atoms with E-state index in [0.29, 0.717) is 0 Å². The Balaban J connectivity index is 1.58. The number of hydrogen-bond acceptors (Lipinski definition) is 15. The summed E-state index contributed by atoms with van der Waals surface area (Å²) in [4.78, 5) is 25.1. The number of carboxylic acid groups (broad SMARTS) is 1. The molecule has 0 spiro atoms. The molecule has 1 unspecified atom stereocenters. The van der Waals surface area contributed by atoms with E-state index in [1.807, 2.05) is 0 Å². The molecule has 1 aromatic heterocycles. The molecule has 0 radical (unpaired) electrons. The van der Waals surface area contributed by atoms with Crippen LogP contribution in [0.2, 0.25) is 0 Å². The lowest BCUT2D eigenvalue weighted by atomic mass is 9.99. The second-order valence-corrected chi connectivity index (χ2v) is 10.1. The average molecular weight is 609 g/mol. The van der Waals surface area contributed by atoms with E-state index in [9.17, 15) is 55.5 Å². The van der Waals surface area contributed by atoms with E-state index >= 15 is 0 Å². The van der Waals surface area contributed by atoms with Crippen LogP contribution < -0.4 is 14.9 Å². The molecule has 2 saturated heterocycles. The predicted molar refractivity (Wildman–Crippen MR) is 139 cm³/mol. The fraction of sp³-hybridized carbons (Fsp3) is 0.407. The van der Waals surface area contributed by atoms with Gasteiger partial charge in [-0.05, 0) is 31.2 Å². The van der Waals surface area contributed by atoms with Crippen molar-refractivity contribution in [2.24, 2.45) is 0 Å². The zero-order valence-corrected chi connectivity index (χ0v) is 22.1. The van der Waals surface area contributed by atoms with Gasteiger partial charge in [0.15, 0.2) is 11.9 Å². The van der Waals surface area contributed by atoms with Crippen molar-refractivity contribution in [1.29, 1.82) is 0 Å². The van der Waals surface area contributed by atoms with Crippen LogP contribution in [0.3, 0.4) is 0 Å². The van der Waals surface area contributed by atoms with E-state index in [0.717, 1.165) is 12.1 Å². The van der Waals surface area contributed by atoms with Crippen molar-refractivity contribution in [3.8, 4) is 34.3 Å². The number of phenols is 2. The minimum absolute atomic E-state index is 0.127. The topological polar surface area (TPSA) is 266 Å². The van der Waals surface area contributed by atoms with E-state index in [-0.39, 0.29) is 28.4 Å². The first-order valence-electron chi connectivity index (χ1n) is 12.9. The Kier molecular flexibility index (Phi) is 8.21. The van der Waals surface area contributed by atoms with Crippen molar-refractivity contribution >= 4 is 16.9 Å². The first-order valence-corrected chi connectivity index (χ1v) is 12.9. The van der Waals surface area contributed by atoms with Crippen molar-refractivity contribution < 1.29 is 74.1 Å². The molecule has 9 N–H and O–H groups in total. The van der Waals surface area contributed by atoms with Crippen LogP contribution in [0.5, 0.6) is 23.0 Å². The number of aromatic hydroxyl groups is 2. The molecule has 0 bridgehead atoms. The Bertz CT molecular complexity index is 1550. The molecule has 5 rings (SSSR count). The molecule has 2 aliphatic rings. The number of aliphatic carboxylic acids is 1. The summed E-state index contributed by atoms with van der Waals surface area (Å²) in [5, 5.41) is 90.2. The van der Waals surface area contributed by atoms with Gasteiger partial charge in [0.25, 0.3) is 0 Å². The molecule has 2 fully saturated rings. The maximum Gasteiger partial charge on any atom is 0.335 e. The maximum absolute atomic E-state index is 13.7. The smallest absolute Gasteiger partial charge is 0.335 e. The van der Waals surface area contributed by atoms with Gasteiger partial charge in [-0.1, -0.05) is 0 Å². The normalized spacial score (nSPS) is 32.8. The van der Waals surface area contributed by atoms with Crippen LogP contribution in [0.1, 0.15) is 6.92 Å². The summed E-state index contributed by atoms with van der Waals surface area (Å²) in [7, 11) is 0. The lowest BCUT2D eigenvalue weighted by Gasteiger charge is -2.38. The minimum Gasteiger partial charge on any atom is -0.508 e. The lowest BCUT2D eigenvalue weighted by Crippen LogP contribution is -2.61. The van der Waals surface area contributed by atoms with Gasteiger partial charge in [-0.15, -0.1) is 0 Å². The molecule has 2 aliphatic heterocycles. The van der Waals surface area contributed by atoms with Crippen molar-refractivity contribution in [3.63, 3.8) is 0 Å². The summed E-state index contributed by atoms with van der Waals surface area (Å²) in [6, 6.07) is 7.25. The number of aliphatic hydroxyl groups excluding tert-OH is 6. The maximum atomic E-state index is 13.7. The Labute approximate surface area is 240 Å². The molecule has 16 nitrogen and oxygen atoms in total. The van der Waals surface area contributed by atoms with E-state index in [1.54, 1.807) is 0 Å². The third-order valence-electron chi connectivity index (χ3n) is 7.14. The standard InChI is InChI=1S/C27H28O16/c1-8-15(30)17(32)20(35)26(39-8)42-23-16(31)14-12(29)6-11(7-13(14)41-22(23)9-2-4-10(28)5-3-9)40-27-21(36)18(33)19(34)24(43-27)25(37)38/h2-8,15,17-21,24,26-30,32-36H,1H3,(H,37,38)/t8-,15-,17+,18+,19+,20+,21-,24+,26?,27-/m0/s1. The molecular weight excluding hydrogens is 580 g/mol. The van der Waals surface area contributed by atoms with E-state index in [1.165, 1.54) is 31.2 Å². The van der Waals surface area contributed by atoms with E-state index in [4.69, 9.17) is 23.4 Å². The van der Waals surface area contributed by atoms with Gasteiger partial charge in [-0.25, -0.2) is 4.79 Å². The highest BCUT2D eigenvalue weighted by molar-refractivity contribution is 5.88. The van der Waals surface area contributed by atoms with Crippen molar-refractivity contribution in [2.45, 2.75) is 68.3 Å². The number of carboxylic acids is 1. The fourth-order valence-electron chi connectivity index (χ4n) is 4.75. The quantitative estimate of drug-likeness (QED) is 0.152.